The molecular weight excluding hydrogens is 429 g/mol. The van der Waals surface area contributed by atoms with Crippen molar-refractivity contribution in [3.63, 3.8) is 0 Å². The van der Waals surface area contributed by atoms with Gasteiger partial charge in [0.1, 0.15) is 11.6 Å². The van der Waals surface area contributed by atoms with Crippen LogP contribution in [0.2, 0.25) is 0 Å². The van der Waals surface area contributed by atoms with Crippen LogP contribution in [0.15, 0.2) is 24.5 Å². The molecule has 6 rings (SSSR count). The van der Waals surface area contributed by atoms with Crippen LogP contribution in [0, 0.1) is 0 Å². The number of carbonyl (C=O) groups is 1. The van der Waals surface area contributed by atoms with Crippen molar-refractivity contribution >= 4 is 23.2 Å². The highest BCUT2D eigenvalue weighted by molar-refractivity contribution is 5.72. The number of aromatic amines is 1. The van der Waals surface area contributed by atoms with Gasteiger partial charge in [0.2, 0.25) is 0 Å². The van der Waals surface area contributed by atoms with E-state index in [0.29, 0.717) is 23.2 Å². The summed E-state index contributed by atoms with van der Waals surface area (Å²) < 4.78 is 27.6. The molecule has 3 aliphatic rings. The van der Waals surface area contributed by atoms with Crippen LogP contribution in [0.1, 0.15) is 62.4 Å². The maximum Gasteiger partial charge on any atom is 0.408 e. The van der Waals surface area contributed by atoms with E-state index < -0.39 is 24.5 Å². The van der Waals surface area contributed by atoms with Gasteiger partial charge in [0, 0.05) is 29.9 Å². The number of rotatable bonds is 6. The third-order valence-corrected chi connectivity index (χ3v) is 6.83. The normalized spacial score (nSPS) is 26.2. The summed E-state index contributed by atoms with van der Waals surface area (Å²) in [5, 5.41) is 17.7. The predicted octanol–water partition coefficient (Wildman–Crippen LogP) is 3.52. The predicted molar refractivity (Wildman–Crippen MR) is 116 cm³/mol. The molecule has 3 aromatic heterocycles. The van der Waals surface area contributed by atoms with Crippen molar-refractivity contribution in [2.24, 2.45) is 0 Å². The van der Waals surface area contributed by atoms with Gasteiger partial charge in [-0.05, 0) is 38.7 Å². The Kier molecular flexibility index (Phi) is 4.75. The van der Waals surface area contributed by atoms with Gasteiger partial charge in [-0.25, -0.2) is 18.7 Å². The van der Waals surface area contributed by atoms with Gasteiger partial charge < -0.3 is 20.1 Å². The zero-order valence-electron chi connectivity index (χ0n) is 18.3. The standard InChI is InChI=1S/C22H26FN7O3/c1-22(5-6-22)26-21(31)33-16-11-32-19(18(16)23)14-10-17(28-27-14)25-20-15-9-13(12-3-2-4-12)29-30(15)8-7-24-20/h7-10,12,16,18-19H,2-6,11H2,1H3,(H,26,31)(H2,24,25,27,28)/t16-,18+,19-/m0/s1. The van der Waals surface area contributed by atoms with E-state index in [2.05, 4.69) is 37.0 Å². The van der Waals surface area contributed by atoms with Crippen LogP contribution >= 0.6 is 0 Å². The minimum absolute atomic E-state index is 0.0155. The van der Waals surface area contributed by atoms with Gasteiger partial charge >= 0.3 is 6.09 Å². The summed E-state index contributed by atoms with van der Waals surface area (Å²) in [5.41, 5.74) is 2.16. The van der Waals surface area contributed by atoms with Gasteiger partial charge in [-0.3, -0.25) is 5.10 Å². The molecule has 1 amide bonds. The van der Waals surface area contributed by atoms with E-state index in [9.17, 15) is 9.18 Å². The molecule has 3 aromatic rings. The fourth-order valence-corrected chi connectivity index (χ4v) is 4.27. The van der Waals surface area contributed by atoms with E-state index in [1.807, 2.05) is 17.6 Å². The molecule has 10 nitrogen and oxygen atoms in total. The lowest BCUT2D eigenvalue weighted by Gasteiger charge is -2.22. The summed E-state index contributed by atoms with van der Waals surface area (Å²) in [6.45, 7) is 1.92. The Bertz CT molecular complexity index is 1190. The molecule has 2 saturated carbocycles. The number of nitrogens with one attached hydrogen (secondary N) is 3. The monoisotopic (exact) mass is 455 g/mol. The van der Waals surface area contributed by atoms with Crippen molar-refractivity contribution in [3.8, 4) is 0 Å². The lowest BCUT2D eigenvalue weighted by Crippen LogP contribution is -2.39. The second-order valence-electron chi connectivity index (χ2n) is 9.46. The number of nitrogens with zero attached hydrogens (tertiary/aromatic N) is 4. The summed E-state index contributed by atoms with van der Waals surface area (Å²) in [6, 6.07) is 3.73. The van der Waals surface area contributed by atoms with Crippen molar-refractivity contribution < 1.29 is 18.7 Å². The van der Waals surface area contributed by atoms with Crippen LogP contribution < -0.4 is 10.6 Å². The second-order valence-corrected chi connectivity index (χ2v) is 9.46. The third kappa shape index (κ3) is 3.90. The number of halogens is 1. The first-order valence-corrected chi connectivity index (χ1v) is 11.4. The molecule has 2 aliphatic carbocycles. The molecular formula is C22H26FN7O3. The van der Waals surface area contributed by atoms with E-state index in [1.54, 1.807) is 12.3 Å². The highest BCUT2D eigenvalue weighted by Gasteiger charge is 2.44. The van der Waals surface area contributed by atoms with Gasteiger partial charge in [0.15, 0.2) is 23.9 Å². The van der Waals surface area contributed by atoms with E-state index in [-0.39, 0.29) is 12.1 Å². The fourth-order valence-electron chi connectivity index (χ4n) is 4.27. The summed E-state index contributed by atoms with van der Waals surface area (Å²) in [4.78, 5) is 16.4. The SMILES string of the molecule is CC1(NC(=O)O[C@H]2CO[C@@H](c3cc(Nc4nccn5nc(C6CCC6)cc45)n[nH]3)[C@@H]2F)CC1. The van der Waals surface area contributed by atoms with Crippen LogP contribution in [-0.4, -0.2) is 55.3 Å². The maximum absolute atomic E-state index is 15.0. The van der Waals surface area contributed by atoms with Crippen molar-refractivity contribution in [2.45, 2.75) is 68.9 Å². The van der Waals surface area contributed by atoms with Crippen LogP contribution in [-0.2, 0) is 9.47 Å². The number of fused-ring (bicyclic) bond motifs is 1. The van der Waals surface area contributed by atoms with Gasteiger partial charge in [0.25, 0.3) is 0 Å². The van der Waals surface area contributed by atoms with Crippen molar-refractivity contribution in [2.75, 3.05) is 11.9 Å². The summed E-state index contributed by atoms with van der Waals surface area (Å²) in [6.07, 6.45) is 4.89. The molecule has 1 aliphatic heterocycles. The molecule has 33 heavy (non-hydrogen) atoms. The van der Waals surface area contributed by atoms with Gasteiger partial charge in [-0.1, -0.05) is 6.42 Å². The molecule has 0 spiro atoms. The lowest BCUT2D eigenvalue weighted by atomic mass is 9.83. The average molecular weight is 455 g/mol. The Morgan fingerprint density at radius 3 is 2.97 bits per heavy atom. The molecule has 4 heterocycles. The number of H-pyrrole nitrogens is 1. The number of ether oxygens (including phenoxy) is 2. The first-order valence-electron chi connectivity index (χ1n) is 11.4. The number of anilines is 2. The van der Waals surface area contributed by atoms with E-state index in [4.69, 9.17) is 9.47 Å². The number of hydrogen-bond acceptors (Lipinski definition) is 7. The molecule has 174 valence electrons. The first-order chi connectivity index (χ1) is 16.0. The van der Waals surface area contributed by atoms with E-state index in [0.717, 1.165) is 24.1 Å². The minimum Gasteiger partial charge on any atom is -0.441 e. The number of carbonyl (C=O) groups excluding carboxylic acids is 1. The fraction of sp³-hybridized carbons (Fsp3) is 0.545. The average Bonchev–Trinajstić information content (AvgIpc) is 3.11. The number of hydrogen-bond donors (Lipinski definition) is 3. The van der Waals surface area contributed by atoms with E-state index in [1.165, 1.54) is 19.3 Å². The molecule has 1 saturated heterocycles. The zero-order chi connectivity index (χ0) is 22.6. The smallest absolute Gasteiger partial charge is 0.408 e. The Labute approximate surface area is 189 Å². The van der Waals surface area contributed by atoms with Crippen molar-refractivity contribution in [1.29, 1.82) is 0 Å². The van der Waals surface area contributed by atoms with E-state index >= 15 is 0 Å². The highest BCUT2D eigenvalue weighted by atomic mass is 19.1. The Balaban J connectivity index is 1.13. The molecule has 0 radical (unpaired) electrons. The Morgan fingerprint density at radius 1 is 1.36 bits per heavy atom. The van der Waals surface area contributed by atoms with Crippen molar-refractivity contribution in [1.82, 2.24) is 30.1 Å². The second kappa shape index (κ2) is 7.68. The Morgan fingerprint density at radius 2 is 2.21 bits per heavy atom. The topological polar surface area (TPSA) is 118 Å². The van der Waals surface area contributed by atoms with Crippen LogP contribution in [0.5, 0.6) is 0 Å². The quantitative estimate of drug-likeness (QED) is 0.520. The minimum atomic E-state index is -1.50. The van der Waals surface area contributed by atoms with Crippen LogP contribution in [0.3, 0.4) is 0 Å². The molecule has 0 bridgehead atoms. The van der Waals surface area contributed by atoms with Gasteiger partial charge in [-0.2, -0.15) is 10.2 Å². The number of amides is 1. The third-order valence-electron chi connectivity index (χ3n) is 6.83. The molecule has 3 atom stereocenters. The molecule has 0 unspecified atom stereocenters. The molecule has 11 heteroatoms. The van der Waals surface area contributed by atoms with Gasteiger partial charge in [-0.15, -0.1) is 0 Å². The first kappa shape index (κ1) is 20.4. The largest absolute Gasteiger partial charge is 0.441 e. The summed E-state index contributed by atoms with van der Waals surface area (Å²) >= 11 is 0. The number of alkyl halides is 1. The zero-order valence-corrected chi connectivity index (χ0v) is 18.3. The molecule has 3 N–H and O–H groups in total. The summed E-state index contributed by atoms with van der Waals surface area (Å²) in [7, 11) is 0. The van der Waals surface area contributed by atoms with Crippen LogP contribution in [0.25, 0.3) is 5.52 Å². The highest BCUT2D eigenvalue weighted by Crippen LogP contribution is 2.38. The van der Waals surface area contributed by atoms with Crippen LogP contribution in [0.4, 0.5) is 20.8 Å². The lowest BCUT2D eigenvalue weighted by molar-refractivity contribution is 0.0604. The maximum atomic E-state index is 15.0. The number of aromatic nitrogens is 5. The van der Waals surface area contributed by atoms with Gasteiger partial charge in [0.05, 0.1) is 18.0 Å². The molecule has 0 aromatic carbocycles. The number of alkyl carbamates (subject to hydrolysis) is 1. The van der Waals surface area contributed by atoms with Crippen molar-refractivity contribution in [3.05, 3.63) is 35.9 Å². The molecule has 3 fully saturated rings. The Hall–Kier alpha value is -3.21. The summed E-state index contributed by atoms with van der Waals surface area (Å²) in [5.74, 6) is 1.61.